The lowest BCUT2D eigenvalue weighted by atomic mass is 10.3. The first kappa shape index (κ1) is 10.3. The molecule has 15 heavy (non-hydrogen) atoms. The van der Waals surface area contributed by atoms with Crippen LogP contribution in [0.3, 0.4) is 0 Å². The Labute approximate surface area is 94.0 Å². The highest BCUT2D eigenvalue weighted by atomic mass is 79.9. The number of ketones is 1. The van der Waals surface area contributed by atoms with Crippen molar-refractivity contribution in [2.24, 2.45) is 0 Å². The van der Waals surface area contributed by atoms with Crippen LogP contribution in [-0.4, -0.2) is 18.2 Å². The van der Waals surface area contributed by atoms with E-state index < -0.39 is 5.82 Å². The van der Waals surface area contributed by atoms with E-state index in [1.807, 2.05) is 0 Å². The van der Waals surface area contributed by atoms with E-state index in [1.165, 1.54) is 17.0 Å². The second-order valence-electron chi connectivity index (χ2n) is 3.29. The van der Waals surface area contributed by atoms with Crippen molar-refractivity contribution in [3.63, 3.8) is 0 Å². The molecule has 0 bridgehead atoms. The van der Waals surface area contributed by atoms with Gasteiger partial charge in [-0.25, -0.2) is 4.39 Å². The predicted octanol–water partition coefficient (Wildman–Crippen LogP) is 1.89. The molecule has 0 saturated carbocycles. The lowest BCUT2D eigenvalue weighted by Crippen LogP contribution is -2.24. The van der Waals surface area contributed by atoms with E-state index in [2.05, 4.69) is 15.9 Å². The molecular weight excluding hydrogens is 265 g/mol. The summed E-state index contributed by atoms with van der Waals surface area (Å²) in [6, 6.07) is 4.35. The first-order chi connectivity index (χ1) is 7.08. The molecule has 0 radical (unpaired) electrons. The van der Waals surface area contributed by atoms with Crippen molar-refractivity contribution in [1.29, 1.82) is 0 Å². The van der Waals surface area contributed by atoms with Gasteiger partial charge in [0.2, 0.25) is 5.91 Å². The van der Waals surface area contributed by atoms with Gasteiger partial charge in [-0.1, -0.05) is 0 Å². The second-order valence-corrected chi connectivity index (χ2v) is 4.15. The van der Waals surface area contributed by atoms with Crippen molar-refractivity contribution >= 4 is 33.3 Å². The number of amides is 1. The number of carbonyl (C=O) groups excluding carboxylic acids is 2. The van der Waals surface area contributed by atoms with Gasteiger partial charge in [0.1, 0.15) is 5.82 Å². The molecule has 0 spiro atoms. The van der Waals surface area contributed by atoms with E-state index >= 15 is 0 Å². The number of hydrogen-bond acceptors (Lipinski definition) is 2. The quantitative estimate of drug-likeness (QED) is 0.732. The normalized spacial score (nSPS) is 16.3. The topological polar surface area (TPSA) is 37.4 Å². The van der Waals surface area contributed by atoms with Crippen LogP contribution < -0.4 is 4.90 Å². The lowest BCUT2D eigenvalue weighted by Gasteiger charge is -2.14. The highest BCUT2D eigenvalue weighted by Gasteiger charge is 2.28. The fourth-order valence-electron chi connectivity index (χ4n) is 1.47. The summed E-state index contributed by atoms with van der Waals surface area (Å²) in [6.07, 6.45) is -0.0856. The summed E-state index contributed by atoms with van der Waals surface area (Å²) in [5, 5.41) is 0. The van der Waals surface area contributed by atoms with Crippen molar-refractivity contribution in [2.75, 3.05) is 11.4 Å². The number of carbonyl (C=O) groups is 2. The molecule has 0 N–H and O–H groups in total. The van der Waals surface area contributed by atoms with E-state index in [-0.39, 0.29) is 24.7 Å². The van der Waals surface area contributed by atoms with Crippen LogP contribution in [0.2, 0.25) is 0 Å². The predicted molar refractivity (Wildman–Crippen MR) is 56.1 cm³/mol. The Morgan fingerprint density at radius 1 is 1.33 bits per heavy atom. The number of halogens is 2. The smallest absolute Gasteiger partial charge is 0.234 e. The molecule has 1 aromatic carbocycles. The van der Waals surface area contributed by atoms with E-state index in [1.54, 1.807) is 6.07 Å². The van der Waals surface area contributed by atoms with Crippen LogP contribution in [0.5, 0.6) is 0 Å². The molecule has 1 fully saturated rings. The molecule has 1 saturated heterocycles. The van der Waals surface area contributed by atoms with Crippen molar-refractivity contribution in [2.45, 2.75) is 6.42 Å². The minimum atomic E-state index is -0.445. The fraction of sp³-hybridized carbons (Fsp3) is 0.200. The molecule has 1 aromatic rings. The number of benzene rings is 1. The minimum Gasteiger partial charge on any atom is -0.304 e. The van der Waals surface area contributed by atoms with Gasteiger partial charge in [0.25, 0.3) is 0 Å². The average molecular weight is 272 g/mol. The van der Waals surface area contributed by atoms with Gasteiger partial charge in [0.15, 0.2) is 5.78 Å². The lowest BCUT2D eigenvalue weighted by molar-refractivity contribution is -0.121. The average Bonchev–Trinajstić information content (AvgIpc) is 2.50. The fourth-order valence-corrected chi connectivity index (χ4v) is 1.72. The molecule has 1 aliphatic rings. The third kappa shape index (κ3) is 1.92. The maximum Gasteiger partial charge on any atom is 0.234 e. The molecule has 0 aromatic heterocycles. The first-order valence-electron chi connectivity index (χ1n) is 4.35. The van der Waals surface area contributed by atoms with Crippen LogP contribution in [0.4, 0.5) is 10.1 Å². The maximum atomic E-state index is 13.2. The maximum absolute atomic E-state index is 13.2. The summed E-state index contributed by atoms with van der Waals surface area (Å²) in [6.45, 7) is 0.0416. The molecule has 3 nitrogen and oxygen atoms in total. The SMILES string of the molecule is O=C1CC(=O)N(c2ccc(Br)c(F)c2)C1. The Kier molecular flexibility index (Phi) is 2.56. The third-order valence-electron chi connectivity index (χ3n) is 2.20. The van der Waals surface area contributed by atoms with E-state index in [0.29, 0.717) is 10.2 Å². The van der Waals surface area contributed by atoms with Crippen LogP contribution in [0, 0.1) is 5.82 Å². The van der Waals surface area contributed by atoms with Gasteiger partial charge in [-0.15, -0.1) is 0 Å². The Bertz CT molecular complexity index is 447. The van der Waals surface area contributed by atoms with E-state index in [4.69, 9.17) is 0 Å². The molecule has 5 heteroatoms. The Morgan fingerprint density at radius 3 is 2.60 bits per heavy atom. The summed E-state index contributed by atoms with van der Waals surface area (Å²) in [5.74, 6) is -0.857. The molecule has 78 valence electrons. The molecule has 0 unspecified atom stereocenters. The highest BCUT2D eigenvalue weighted by molar-refractivity contribution is 9.10. The Morgan fingerprint density at radius 2 is 2.07 bits per heavy atom. The van der Waals surface area contributed by atoms with Crippen LogP contribution >= 0.6 is 15.9 Å². The van der Waals surface area contributed by atoms with Gasteiger partial charge in [-0.05, 0) is 34.1 Å². The van der Waals surface area contributed by atoms with Gasteiger partial charge in [0, 0.05) is 5.69 Å². The summed E-state index contributed by atoms with van der Waals surface area (Å²) in [5.41, 5.74) is 0.423. The molecule has 0 aliphatic carbocycles. The summed E-state index contributed by atoms with van der Waals surface area (Å²) < 4.78 is 13.5. The second kappa shape index (κ2) is 3.73. The van der Waals surface area contributed by atoms with Crippen LogP contribution in [-0.2, 0) is 9.59 Å². The zero-order chi connectivity index (χ0) is 11.0. The highest BCUT2D eigenvalue weighted by Crippen LogP contribution is 2.24. The number of Topliss-reactive ketones (excluding diaryl/α,β-unsaturated/α-hetero) is 1. The number of nitrogens with zero attached hydrogens (tertiary/aromatic N) is 1. The van der Waals surface area contributed by atoms with Crippen LogP contribution in [0.25, 0.3) is 0 Å². The monoisotopic (exact) mass is 271 g/mol. The molecule has 1 heterocycles. The summed E-state index contributed by atoms with van der Waals surface area (Å²) in [4.78, 5) is 23.7. The molecular formula is C10H7BrFNO2. The molecule has 2 rings (SSSR count). The van der Waals surface area contributed by atoms with Gasteiger partial charge >= 0.3 is 0 Å². The Balaban J connectivity index is 2.34. The van der Waals surface area contributed by atoms with Crippen LogP contribution in [0.1, 0.15) is 6.42 Å². The summed E-state index contributed by atoms with van der Waals surface area (Å²) >= 11 is 3.02. The largest absolute Gasteiger partial charge is 0.304 e. The number of anilines is 1. The third-order valence-corrected chi connectivity index (χ3v) is 2.84. The van der Waals surface area contributed by atoms with Crippen molar-refractivity contribution in [3.05, 3.63) is 28.5 Å². The van der Waals surface area contributed by atoms with Crippen molar-refractivity contribution in [1.82, 2.24) is 0 Å². The zero-order valence-electron chi connectivity index (χ0n) is 7.67. The molecule has 1 aliphatic heterocycles. The van der Waals surface area contributed by atoms with Crippen molar-refractivity contribution < 1.29 is 14.0 Å². The van der Waals surface area contributed by atoms with E-state index in [9.17, 15) is 14.0 Å². The van der Waals surface area contributed by atoms with Gasteiger partial charge in [0.05, 0.1) is 17.4 Å². The minimum absolute atomic E-state index is 0.0416. The molecule has 1 amide bonds. The number of rotatable bonds is 1. The molecule has 0 atom stereocenters. The van der Waals surface area contributed by atoms with Gasteiger partial charge in [-0.3, -0.25) is 9.59 Å². The van der Waals surface area contributed by atoms with E-state index in [0.717, 1.165) is 0 Å². The summed E-state index contributed by atoms with van der Waals surface area (Å²) in [7, 11) is 0. The number of hydrogen-bond donors (Lipinski definition) is 0. The van der Waals surface area contributed by atoms with Crippen LogP contribution in [0.15, 0.2) is 22.7 Å². The zero-order valence-corrected chi connectivity index (χ0v) is 9.25. The van der Waals surface area contributed by atoms with Gasteiger partial charge in [-0.2, -0.15) is 0 Å². The first-order valence-corrected chi connectivity index (χ1v) is 5.14. The van der Waals surface area contributed by atoms with Gasteiger partial charge < -0.3 is 4.90 Å². The van der Waals surface area contributed by atoms with Crippen molar-refractivity contribution in [3.8, 4) is 0 Å². The Hall–Kier alpha value is -1.23. The standard InChI is InChI=1S/C10H7BrFNO2/c11-8-2-1-6(3-9(8)12)13-5-7(14)4-10(13)15/h1-3H,4-5H2.